The molecule has 3 heterocycles. The summed E-state index contributed by atoms with van der Waals surface area (Å²) in [5.74, 6) is 2.44. The molecule has 7 nitrogen and oxygen atoms in total. The molecule has 0 unspecified atom stereocenters. The second-order valence-electron chi connectivity index (χ2n) is 6.82. The van der Waals surface area contributed by atoms with Crippen LogP contribution in [0.2, 0.25) is 0 Å². The van der Waals surface area contributed by atoms with Crippen molar-refractivity contribution in [2.75, 3.05) is 18.1 Å². The number of furan rings is 1. The molecular formula is C17H23N5O2. The van der Waals surface area contributed by atoms with Crippen LogP contribution in [0.15, 0.2) is 29.1 Å². The Labute approximate surface area is 140 Å². The van der Waals surface area contributed by atoms with Crippen LogP contribution in [-0.4, -0.2) is 38.0 Å². The number of fused-ring (bicyclic) bond motifs is 1. The second-order valence-corrected chi connectivity index (χ2v) is 6.82. The van der Waals surface area contributed by atoms with Crippen molar-refractivity contribution in [1.82, 2.24) is 19.7 Å². The highest BCUT2D eigenvalue weighted by atomic mass is 16.3. The number of hydrogen-bond donors (Lipinski definition) is 1. The van der Waals surface area contributed by atoms with Gasteiger partial charge in [-0.25, -0.2) is 14.6 Å². The van der Waals surface area contributed by atoms with Crippen molar-refractivity contribution >= 4 is 16.9 Å². The van der Waals surface area contributed by atoms with Crippen LogP contribution in [-0.2, 0) is 12.1 Å². The summed E-state index contributed by atoms with van der Waals surface area (Å²) in [5.41, 5.74) is 0.610. The highest BCUT2D eigenvalue weighted by molar-refractivity contribution is 5.86. The lowest BCUT2D eigenvalue weighted by atomic mass is 10.1. The van der Waals surface area contributed by atoms with Crippen molar-refractivity contribution in [3.63, 3.8) is 0 Å². The monoisotopic (exact) mass is 329 g/mol. The summed E-state index contributed by atoms with van der Waals surface area (Å²) in [4.78, 5) is 10.8. The maximum absolute atomic E-state index is 9.45. The van der Waals surface area contributed by atoms with Gasteiger partial charge in [0.2, 0.25) is 0 Å². The molecule has 1 N–H and O–H groups in total. The minimum atomic E-state index is -0.173. The number of aryl methyl sites for hydroxylation is 1. The molecular weight excluding hydrogens is 306 g/mol. The third kappa shape index (κ3) is 3.12. The molecule has 0 aliphatic heterocycles. The Bertz CT molecular complexity index is 831. The summed E-state index contributed by atoms with van der Waals surface area (Å²) >= 11 is 0. The average molecular weight is 329 g/mol. The fourth-order valence-corrected chi connectivity index (χ4v) is 2.71. The van der Waals surface area contributed by atoms with Crippen molar-refractivity contribution in [1.29, 1.82) is 0 Å². The zero-order valence-electron chi connectivity index (χ0n) is 14.5. The molecule has 3 aromatic heterocycles. The number of nitrogens with zero attached hydrogens (tertiary/aromatic N) is 5. The Morgan fingerprint density at radius 1 is 1.25 bits per heavy atom. The smallest absolute Gasteiger partial charge is 0.163 e. The van der Waals surface area contributed by atoms with Crippen molar-refractivity contribution in [3.8, 4) is 0 Å². The van der Waals surface area contributed by atoms with Gasteiger partial charge in [0.15, 0.2) is 5.65 Å². The van der Waals surface area contributed by atoms with Crippen LogP contribution in [0.3, 0.4) is 0 Å². The molecule has 0 bridgehead atoms. The predicted octanol–water partition coefficient (Wildman–Crippen LogP) is 2.48. The van der Waals surface area contributed by atoms with Crippen molar-refractivity contribution in [2.24, 2.45) is 0 Å². The summed E-state index contributed by atoms with van der Waals surface area (Å²) in [7, 11) is 0. The Morgan fingerprint density at radius 2 is 2.04 bits per heavy atom. The lowest BCUT2D eigenvalue weighted by Crippen LogP contribution is -2.27. The van der Waals surface area contributed by atoms with Crippen LogP contribution in [0.1, 0.15) is 32.3 Å². The molecule has 0 aromatic carbocycles. The van der Waals surface area contributed by atoms with Gasteiger partial charge < -0.3 is 14.4 Å². The highest BCUT2D eigenvalue weighted by Crippen LogP contribution is 2.27. The number of aromatic nitrogens is 4. The Kier molecular flexibility index (Phi) is 4.28. The van der Waals surface area contributed by atoms with Gasteiger partial charge in [-0.2, -0.15) is 5.10 Å². The van der Waals surface area contributed by atoms with Crippen molar-refractivity contribution < 1.29 is 9.52 Å². The first-order valence-corrected chi connectivity index (χ1v) is 8.00. The van der Waals surface area contributed by atoms with Crippen molar-refractivity contribution in [3.05, 3.63) is 36.2 Å². The quantitative estimate of drug-likeness (QED) is 0.774. The SMILES string of the molecule is Cc1ccc(CN(CCO)c2ncnc3c2cnn3C(C)(C)C)o1. The highest BCUT2D eigenvalue weighted by Gasteiger charge is 2.22. The lowest BCUT2D eigenvalue weighted by Gasteiger charge is -2.23. The van der Waals surface area contributed by atoms with Crippen LogP contribution in [0.5, 0.6) is 0 Å². The first-order chi connectivity index (χ1) is 11.4. The normalized spacial score (nSPS) is 12.0. The minimum absolute atomic E-state index is 0.0264. The van der Waals surface area contributed by atoms with E-state index in [1.54, 1.807) is 12.5 Å². The maximum Gasteiger partial charge on any atom is 0.163 e. The zero-order valence-corrected chi connectivity index (χ0v) is 14.5. The van der Waals surface area contributed by atoms with Gasteiger partial charge in [-0.15, -0.1) is 0 Å². The standard InChI is InChI=1S/C17H23N5O2/c1-12-5-6-13(24-12)10-21(7-8-23)15-14-9-20-22(17(2,3)4)16(14)19-11-18-15/h5-6,9,11,23H,7-8,10H2,1-4H3. The summed E-state index contributed by atoms with van der Waals surface area (Å²) in [6, 6.07) is 3.87. The largest absolute Gasteiger partial charge is 0.464 e. The third-order valence-electron chi connectivity index (χ3n) is 3.79. The number of rotatable bonds is 5. The van der Waals surface area contributed by atoms with Gasteiger partial charge in [-0.3, -0.25) is 0 Å². The molecule has 0 aliphatic carbocycles. The molecule has 0 atom stereocenters. The number of hydrogen-bond acceptors (Lipinski definition) is 6. The third-order valence-corrected chi connectivity index (χ3v) is 3.79. The van der Waals surface area contributed by atoms with E-state index in [1.807, 2.05) is 28.6 Å². The van der Waals surface area contributed by atoms with E-state index in [1.165, 1.54) is 0 Å². The van der Waals surface area contributed by atoms with Gasteiger partial charge in [0, 0.05) is 6.54 Å². The predicted molar refractivity (Wildman–Crippen MR) is 91.9 cm³/mol. The van der Waals surface area contributed by atoms with Crippen LogP contribution < -0.4 is 4.90 Å². The molecule has 0 amide bonds. The van der Waals surface area contributed by atoms with Gasteiger partial charge in [0.05, 0.1) is 30.3 Å². The number of aliphatic hydroxyl groups is 1. The summed E-state index contributed by atoms with van der Waals surface area (Å²) in [5, 5.41) is 14.8. The topological polar surface area (TPSA) is 80.2 Å². The Morgan fingerprint density at radius 3 is 2.67 bits per heavy atom. The molecule has 0 aliphatic rings. The molecule has 128 valence electrons. The number of anilines is 1. The van der Waals surface area contributed by atoms with Gasteiger partial charge in [0.25, 0.3) is 0 Å². The average Bonchev–Trinajstić information content (AvgIpc) is 3.12. The summed E-state index contributed by atoms with van der Waals surface area (Å²) < 4.78 is 7.56. The summed E-state index contributed by atoms with van der Waals surface area (Å²) in [6.45, 7) is 9.16. The van der Waals surface area contributed by atoms with Crippen LogP contribution in [0, 0.1) is 6.92 Å². The fourth-order valence-electron chi connectivity index (χ4n) is 2.71. The molecule has 0 fully saturated rings. The van der Waals surface area contributed by atoms with E-state index < -0.39 is 0 Å². The van der Waals surface area contributed by atoms with Crippen LogP contribution in [0.4, 0.5) is 5.82 Å². The molecule has 0 radical (unpaired) electrons. The summed E-state index contributed by atoms with van der Waals surface area (Å²) in [6.07, 6.45) is 3.33. The number of aliphatic hydroxyl groups excluding tert-OH is 1. The van der Waals surface area contributed by atoms with Gasteiger partial charge in [-0.05, 0) is 39.8 Å². The molecule has 3 rings (SSSR count). The van der Waals surface area contributed by atoms with Crippen molar-refractivity contribution in [2.45, 2.75) is 39.8 Å². The van der Waals surface area contributed by atoms with E-state index in [0.29, 0.717) is 13.1 Å². The molecule has 7 heteroatoms. The van der Waals surface area contributed by atoms with E-state index in [0.717, 1.165) is 28.4 Å². The van der Waals surface area contributed by atoms with E-state index >= 15 is 0 Å². The minimum Gasteiger partial charge on any atom is -0.464 e. The first kappa shape index (κ1) is 16.4. The molecule has 0 saturated heterocycles. The zero-order chi connectivity index (χ0) is 17.3. The van der Waals surface area contributed by atoms with Gasteiger partial charge >= 0.3 is 0 Å². The maximum atomic E-state index is 9.45. The molecule has 3 aromatic rings. The first-order valence-electron chi connectivity index (χ1n) is 8.00. The van der Waals surface area contributed by atoms with E-state index in [4.69, 9.17) is 4.42 Å². The van der Waals surface area contributed by atoms with E-state index in [9.17, 15) is 5.11 Å². The molecule has 0 spiro atoms. The Hall–Kier alpha value is -2.41. The van der Waals surface area contributed by atoms with Gasteiger partial charge in [0.1, 0.15) is 23.7 Å². The second kappa shape index (κ2) is 6.24. The molecule has 24 heavy (non-hydrogen) atoms. The van der Waals surface area contributed by atoms with E-state index in [2.05, 4.69) is 35.8 Å². The Balaban J connectivity index is 2.03. The molecule has 0 saturated carbocycles. The van der Waals surface area contributed by atoms with Gasteiger partial charge in [-0.1, -0.05) is 0 Å². The fraction of sp³-hybridized carbons (Fsp3) is 0.471. The van der Waals surface area contributed by atoms with Crippen LogP contribution in [0.25, 0.3) is 11.0 Å². The van der Waals surface area contributed by atoms with E-state index in [-0.39, 0.29) is 12.1 Å². The van der Waals surface area contributed by atoms with Crippen LogP contribution >= 0.6 is 0 Å². The lowest BCUT2D eigenvalue weighted by molar-refractivity contribution is 0.300.